The smallest absolute Gasteiger partial charge is 0.156 e. The van der Waals surface area contributed by atoms with Crippen LogP contribution in [-0.2, 0) is 4.74 Å². The number of thiophene rings is 1. The average molecular weight is 265 g/mol. The highest BCUT2D eigenvalue weighted by atomic mass is 32.1. The van der Waals surface area contributed by atoms with E-state index in [4.69, 9.17) is 15.7 Å². The first-order valence-electron chi connectivity index (χ1n) is 6.30. The Morgan fingerprint density at radius 3 is 3.17 bits per heavy atom. The van der Waals surface area contributed by atoms with Gasteiger partial charge in [0.05, 0.1) is 18.7 Å². The summed E-state index contributed by atoms with van der Waals surface area (Å²) < 4.78 is 5.40. The molecule has 1 aliphatic heterocycles. The summed E-state index contributed by atoms with van der Waals surface area (Å²) in [5, 5.41) is 11.1. The van der Waals surface area contributed by atoms with E-state index >= 15 is 0 Å². The largest absolute Gasteiger partial charge is 0.361 e. The van der Waals surface area contributed by atoms with Gasteiger partial charge in [-0.3, -0.25) is 4.90 Å². The Labute approximate surface area is 112 Å². The predicted molar refractivity (Wildman–Crippen MR) is 72.3 cm³/mol. The van der Waals surface area contributed by atoms with E-state index in [0.29, 0.717) is 13.2 Å². The van der Waals surface area contributed by atoms with Crippen LogP contribution in [0.15, 0.2) is 17.5 Å². The summed E-state index contributed by atoms with van der Waals surface area (Å²) in [6, 6.07) is 6.67. The van der Waals surface area contributed by atoms with Gasteiger partial charge < -0.3 is 10.5 Å². The van der Waals surface area contributed by atoms with Crippen LogP contribution in [0.2, 0.25) is 0 Å². The van der Waals surface area contributed by atoms with E-state index in [1.807, 2.05) is 0 Å². The number of nitriles is 1. The zero-order chi connectivity index (χ0) is 13.0. The maximum absolute atomic E-state index is 8.99. The molecule has 0 radical (unpaired) electrons. The molecule has 2 rings (SSSR count). The second kappa shape index (κ2) is 6.30. The number of nitrogens with zero attached hydrogens (tertiary/aromatic N) is 2. The van der Waals surface area contributed by atoms with Crippen LogP contribution in [0, 0.1) is 11.3 Å². The Morgan fingerprint density at radius 2 is 2.56 bits per heavy atom. The molecule has 5 heteroatoms. The molecular weight excluding hydrogens is 246 g/mol. The van der Waals surface area contributed by atoms with Crippen molar-refractivity contribution in [3.63, 3.8) is 0 Å². The van der Waals surface area contributed by atoms with Gasteiger partial charge in [0.2, 0.25) is 0 Å². The van der Waals surface area contributed by atoms with Crippen LogP contribution in [0.3, 0.4) is 0 Å². The first-order valence-corrected chi connectivity index (χ1v) is 7.18. The molecule has 0 saturated carbocycles. The normalized spacial score (nSPS) is 24.4. The molecule has 0 amide bonds. The van der Waals surface area contributed by atoms with E-state index in [0.717, 1.165) is 13.0 Å². The zero-order valence-electron chi connectivity index (χ0n) is 10.6. The Kier molecular flexibility index (Phi) is 4.72. The van der Waals surface area contributed by atoms with Gasteiger partial charge in [0.15, 0.2) is 6.10 Å². The van der Waals surface area contributed by atoms with E-state index in [2.05, 4.69) is 35.4 Å². The summed E-state index contributed by atoms with van der Waals surface area (Å²) in [4.78, 5) is 3.57. The van der Waals surface area contributed by atoms with Crippen LogP contribution in [0.25, 0.3) is 0 Å². The molecule has 1 aromatic heterocycles. The summed E-state index contributed by atoms with van der Waals surface area (Å²) in [5.41, 5.74) is 6.27. The highest BCUT2D eigenvalue weighted by Gasteiger charge is 2.31. The van der Waals surface area contributed by atoms with Gasteiger partial charge >= 0.3 is 0 Å². The van der Waals surface area contributed by atoms with Crippen molar-refractivity contribution in [1.29, 1.82) is 5.26 Å². The van der Waals surface area contributed by atoms with Crippen LogP contribution >= 0.6 is 11.3 Å². The van der Waals surface area contributed by atoms with Crippen molar-refractivity contribution in [2.75, 3.05) is 19.7 Å². The van der Waals surface area contributed by atoms with Gasteiger partial charge in [-0.05, 0) is 17.9 Å². The maximum Gasteiger partial charge on any atom is 0.156 e. The molecule has 1 aliphatic rings. The second-order valence-corrected chi connectivity index (χ2v) is 5.50. The first kappa shape index (κ1) is 13.5. The molecular formula is C13H19N3OS. The quantitative estimate of drug-likeness (QED) is 0.901. The fraction of sp³-hybridized carbons (Fsp3) is 0.615. The van der Waals surface area contributed by atoms with E-state index in [9.17, 15) is 0 Å². The number of hydrogen-bond donors (Lipinski definition) is 1. The SMILES string of the molecule is CCC(N)C(c1cccs1)N1CCOC(C#N)C1. The predicted octanol–water partition coefficient (Wildman–Crippen LogP) is 1.75. The number of morpholine rings is 1. The molecule has 4 nitrogen and oxygen atoms in total. The third kappa shape index (κ3) is 2.90. The van der Waals surface area contributed by atoms with Crippen LogP contribution < -0.4 is 5.73 Å². The highest BCUT2D eigenvalue weighted by molar-refractivity contribution is 7.10. The Hall–Kier alpha value is -0.930. The molecule has 1 saturated heterocycles. The van der Waals surface area contributed by atoms with E-state index < -0.39 is 0 Å². The molecule has 3 unspecified atom stereocenters. The molecule has 18 heavy (non-hydrogen) atoms. The van der Waals surface area contributed by atoms with Gasteiger partial charge in [0.1, 0.15) is 0 Å². The maximum atomic E-state index is 8.99. The Morgan fingerprint density at radius 1 is 1.72 bits per heavy atom. The number of rotatable bonds is 4. The summed E-state index contributed by atoms with van der Waals surface area (Å²) >= 11 is 1.73. The molecule has 98 valence electrons. The fourth-order valence-corrected chi connectivity index (χ4v) is 3.28. The van der Waals surface area contributed by atoms with Crippen molar-refractivity contribution in [2.24, 2.45) is 5.73 Å². The lowest BCUT2D eigenvalue weighted by Crippen LogP contribution is -2.48. The lowest BCUT2D eigenvalue weighted by atomic mass is 10.0. The first-order chi connectivity index (χ1) is 8.76. The van der Waals surface area contributed by atoms with Gasteiger partial charge in [-0.1, -0.05) is 13.0 Å². The average Bonchev–Trinajstić information content (AvgIpc) is 2.93. The van der Waals surface area contributed by atoms with Crippen molar-refractivity contribution < 1.29 is 4.74 Å². The lowest BCUT2D eigenvalue weighted by molar-refractivity contribution is -0.0216. The molecule has 1 fully saturated rings. The van der Waals surface area contributed by atoms with Crippen LogP contribution in [0.1, 0.15) is 24.3 Å². The molecule has 2 heterocycles. The van der Waals surface area contributed by atoms with Gasteiger partial charge in [-0.15, -0.1) is 11.3 Å². The Balaban J connectivity index is 2.16. The van der Waals surface area contributed by atoms with E-state index in [1.165, 1.54) is 4.88 Å². The molecule has 0 spiro atoms. The minimum atomic E-state index is -0.328. The van der Waals surface area contributed by atoms with Crippen molar-refractivity contribution in [2.45, 2.75) is 31.5 Å². The zero-order valence-corrected chi connectivity index (χ0v) is 11.4. The summed E-state index contributed by atoms with van der Waals surface area (Å²) in [6.07, 6.45) is 0.599. The lowest BCUT2D eigenvalue weighted by Gasteiger charge is -2.38. The number of ether oxygens (including phenoxy) is 1. The number of hydrogen-bond acceptors (Lipinski definition) is 5. The molecule has 0 aliphatic carbocycles. The molecule has 3 atom stereocenters. The molecule has 2 N–H and O–H groups in total. The summed E-state index contributed by atoms with van der Waals surface area (Å²) in [6.45, 7) is 4.20. The second-order valence-electron chi connectivity index (χ2n) is 4.52. The standard InChI is InChI=1S/C13H19N3OS/c1-2-11(15)13(12-4-3-7-18-12)16-5-6-17-10(8-14)9-16/h3-4,7,10-11,13H,2,5-6,9,15H2,1H3. The van der Waals surface area contributed by atoms with Gasteiger partial charge in [-0.25, -0.2) is 0 Å². The van der Waals surface area contributed by atoms with Crippen molar-refractivity contribution >= 4 is 11.3 Å². The fourth-order valence-electron chi connectivity index (χ4n) is 2.34. The minimum Gasteiger partial charge on any atom is -0.361 e. The van der Waals surface area contributed by atoms with Crippen LogP contribution in [-0.4, -0.2) is 36.7 Å². The third-order valence-electron chi connectivity index (χ3n) is 3.35. The highest BCUT2D eigenvalue weighted by Crippen LogP contribution is 2.30. The van der Waals surface area contributed by atoms with Crippen molar-refractivity contribution in [3.8, 4) is 6.07 Å². The minimum absolute atomic E-state index is 0.0982. The van der Waals surface area contributed by atoms with Crippen molar-refractivity contribution in [1.82, 2.24) is 4.90 Å². The Bertz CT molecular complexity index is 401. The molecule has 0 aromatic carbocycles. The third-order valence-corrected chi connectivity index (χ3v) is 4.29. The van der Waals surface area contributed by atoms with Gasteiger partial charge in [0.25, 0.3) is 0 Å². The van der Waals surface area contributed by atoms with Gasteiger partial charge in [-0.2, -0.15) is 5.26 Å². The monoisotopic (exact) mass is 265 g/mol. The molecule has 0 bridgehead atoms. The van der Waals surface area contributed by atoms with Gasteiger partial charge in [0, 0.05) is 24.0 Å². The van der Waals surface area contributed by atoms with Crippen molar-refractivity contribution in [3.05, 3.63) is 22.4 Å². The molecule has 1 aromatic rings. The van der Waals surface area contributed by atoms with E-state index in [1.54, 1.807) is 11.3 Å². The number of nitrogens with two attached hydrogens (primary N) is 1. The van der Waals surface area contributed by atoms with Crippen LogP contribution in [0.4, 0.5) is 0 Å². The topological polar surface area (TPSA) is 62.3 Å². The summed E-state index contributed by atoms with van der Waals surface area (Å²) in [5.74, 6) is 0. The van der Waals surface area contributed by atoms with Crippen LogP contribution in [0.5, 0.6) is 0 Å². The summed E-state index contributed by atoms with van der Waals surface area (Å²) in [7, 11) is 0. The van der Waals surface area contributed by atoms with E-state index in [-0.39, 0.29) is 18.2 Å².